The Morgan fingerprint density at radius 2 is 2.00 bits per heavy atom. The van der Waals surface area contributed by atoms with Crippen molar-refractivity contribution in [2.45, 2.75) is 13.5 Å². The van der Waals surface area contributed by atoms with E-state index in [4.69, 9.17) is 5.84 Å². The molecule has 0 atom stereocenters. The third-order valence-electron chi connectivity index (χ3n) is 3.07. The molecule has 5 heteroatoms. The molecule has 0 bridgehead atoms. The van der Waals surface area contributed by atoms with E-state index in [-0.39, 0.29) is 5.91 Å². The van der Waals surface area contributed by atoms with E-state index in [1.807, 2.05) is 24.3 Å². The van der Waals surface area contributed by atoms with Gasteiger partial charge in [-0.3, -0.25) is 15.2 Å². The van der Waals surface area contributed by atoms with Gasteiger partial charge >= 0.3 is 0 Å². The van der Waals surface area contributed by atoms with Gasteiger partial charge in [0.25, 0.3) is 5.91 Å². The van der Waals surface area contributed by atoms with Crippen molar-refractivity contribution in [1.82, 2.24) is 10.4 Å². The van der Waals surface area contributed by atoms with Crippen LogP contribution in [-0.2, 0) is 6.54 Å². The average Bonchev–Trinajstić information content (AvgIpc) is 2.53. The minimum atomic E-state index is -0.334. The second-order valence-corrected chi connectivity index (χ2v) is 4.36. The lowest BCUT2D eigenvalue weighted by molar-refractivity contribution is 0.0953. The van der Waals surface area contributed by atoms with E-state index < -0.39 is 0 Å². The zero-order valence-corrected chi connectivity index (χ0v) is 11.4. The minimum Gasteiger partial charge on any atom is -0.366 e. The average molecular weight is 270 g/mol. The Kier molecular flexibility index (Phi) is 4.68. The van der Waals surface area contributed by atoms with Gasteiger partial charge in [0, 0.05) is 18.4 Å². The molecule has 0 aliphatic heterocycles. The molecule has 0 spiro atoms. The Bertz CT molecular complexity index is 554. The van der Waals surface area contributed by atoms with E-state index in [1.165, 1.54) is 6.20 Å². The van der Waals surface area contributed by atoms with Gasteiger partial charge in [0.05, 0.1) is 17.8 Å². The zero-order valence-electron chi connectivity index (χ0n) is 11.4. The van der Waals surface area contributed by atoms with Crippen LogP contribution in [0.4, 0.5) is 5.69 Å². The predicted octanol–water partition coefficient (Wildman–Crippen LogP) is 1.71. The van der Waals surface area contributed by atoms with Crippen molar-refractivity contribution >= 4 is 11.6 Å². The molecule has 0 aliphatic rings. The number of aromatic nitrogens is 1. The van der Waals surface area contributed by atoms with Gasteiger partial charge in [-0.1, -0.05) is 18.2 Å². The molecule has 0 unspecified atom stereocenters. The summed E-state index contributed by atoms with van der Waals surface area (Å²) in [5, 5.41) is 0. The number of nitrogens with two attached hydrogens (primary N) is 1. The third kappa shape index (κ3) is 3.33. The quantitative estimate of drug-likeness (QED) is 0.493. The summed E-state index contributed by atoms with van der Waals surface area (Å²) >= 11 is 0. The summed E-state index contributed by atoms with van der Waals surface area (Å²) in [5.41, 5.74) is 4.61. The first-order valence-electron chi connectivity index (χ1n) is 6.50. The van der Waals surface area contributed by atoms with E-state index in [1.54, 1.807) is 6.07 Å². The number of hydrogen-bond acceptors (Lipinski definition) is 4. The number of pyridine rings is 1. The van der Waals surface area contributed by atoms with E-state index >= 15 is 0 Å². The first kappa shape index (κ1) is 14.0. The molecule has 104 valence electrons. The van der Waals surface area contributed by atoms with Crippen LogP contribution in [0.25, 0.3) is 0 Å². The van der Waals surface area contributed by atoms with Crippen molar-refractivity contribution < 1.29 is 4.79 Å². The number of para-hydroxylation sites is 1. The molecule has 1 amide bonds. The highest BCUT2D eigenvalue weighted by Crippen LogP contribution is 2.15. The first-order valence-corrected chi connectivity index (χ1v) is 6.50. The van der Waals surface area contributed by atoms with Gasteiger partial charge < -0.3 is 4.90 Å². The maximum Gasteiger partial charge on any atom is 0.266 e. The number of anilines is 1. The Balaban J connectivity index is 2.10. The monoisotopic (exact) mass is 270 g/mol. The number of hydrogen-bond donors (Lipinski definition) is 2. The zero-order chi connectivity index (χ0) is 14.4. The maximum absolute atomic E-state index is 11.3. The number of carbonyl (C=O) groups excluding carboxylic acids is 1. The Labute approximate surface area is 118 Å². The second-order valence-electron chi connectivity index (χ2n) is 4.36. The molecular formula is C15H18N4O. The molecular weight excluding hydrogens is 252 g/mol. The van der Waals surface area contributed by atoms with Crippen LogP contribution in [0, 0.1) is 0 Å². The van der Waals surface area contributed by atoms with Crippen LogP contribution < -0.4 is 16.2 Å². The molecule has 5 nitrogen and oxygen atoms in total. The third-order valence-corrected chi connectivity index (χ3v) is 3.07. The lowest BCUT2D eigenvalue weighted by Gasteiger charge is -2.22. The highest BCUT2D eigenvalue weighted by molar-refractivity contribution is 5.93. The molecule has 1 aromatic heterocycles. The van der Waals surface area contributed by atoms with E-state index in [0.717, 1.165) is 17.9 Å². The van der Waals surface area contributed by atoms with E-state index in [2.05, 4.69) is 34.4 Å². The molecule has 0 saturated heterocycles. The van der Waals surface area contributed by atoms with Crippen LogP contribution in [0.15, 0.2) is 48.7 Å². The summed E-state index contributed by atoms with van der Waals surface area (Å²) in [6.07, 6.45) is 1.54. The van der Waals surface area contributed by atoms with Crippen LogP contribution >= 0.6 is 0 Å². The Hall–Kier alpha value is -2.40. The smallest absolute Gasteiger partial charge is 0.266 e. The number of nitrogen functional groups attached to an aromatic ring is 1. The van der Waals surface area contributed by atoms with Crippen molar-refractivity contribution in [3.05, 3.63) is 59.9 Å². The van der Waals surface area contributed by atoms with Gasteiger partial charge in [0.15, 0.2) is 0 Å². The number of amides is 1. The normalized spacial score (nSPS) is 10.1. The van der Waals surface area contributed by atoms with Gasteiger partial charge in [-0.2, -0.15) is 0 Å². The highest BCUT2D eigenvalue weighted by Gasteiger charge is 2.07. The van der Waals surface area contributed by atoms with Gasteiger partial charge in [-0.05, 0) is 31.2 Å². The number of nitrogens with zero attached hydrogens (tertiary/aromatic N) is 2. The van der Waals surface area contributed by atoms with Crippen LogP contribution in [0.1, 0.15) is 23.0 Å². The van der Waals surface area contributed by atoms with E-state index in [0.29, 0.717) is 12.1 Å². The van der Waals surface area contributed by atoms with Crippen molar-refractivity contribution in [3.8, 4) is 0 Å². The van der Waals surface area contributed by atoms with E-state index in [9.17, 15) is 4.79 Å². The SMILES string of the molecule is CCN(Cc1ccc(C(=O)NN)cn1)c1ccccc1. The molecule has 20 heavy (non-hydrogen) atoms. The predicted molar refractivity (Wildman–Crippen MR) is 79.1 cm³/mol. The molecule has 0 saturated carbocycles. The van der Waals surface area contributed by atoms with Crippen molar-refractivity contribution in [3.63, 3.8) is 0 Å². The van der Waals surface area contributed by atoms with Gasteiger partial charge in [0.1, 0.15) is 0 Å². The molecule has 0 aliphatic carbocycles. The summed E-state index contributed by atoms with van der Waals surface area (Å²) in [4.78, 5) is 17.9. The lowest BCUT2D eigenvalue weighted by atomic mass is 10.2. The highest BCUT2D eigenvalue weighted by atomic mass is 16.2. The fourth-order valence-electron chi connectivity index (χ4n) is 1.96. The van der Waals surface area contributed by atoms with Crippen molar-refractivity contribution in [2.75, 3.05) is 11.4 Å². The number of nitrogens with one attached hydrogen (secondary N) is 1. The first-order chi connectivity index (χ1) is 9.74. The number of benzene rings is 1. The summed E-state index contributed by atoms with van der Waals surface area (Å²) in [5.74, 6) is 4.75. The molecule has 0 radical (unpaired) electrons. The van der Waals surface area contributed by atoms with Crippen LogP contribution in [0.2, 0.25) is 0 Å². The minimum absolute atomic E-state index is 0.334. The number of hydrazine groups is 1. The Morgan fingerprint density at radius 3 is 2.55 bits per heavy atom. The molecule has 2 rings (SSSR count). The molecule has 0 fully saturated rings. The molecule has 2 aromatic rings. The molecule has 1 heterocycles. The largest absolute Gasteiger partial charge is 0.366 e. The Morgan fingerprint density at radius 1 is 1.25 bits per heavy atom. The van der Waals surface area contributed by atoms with Crippen molar-refractivity contribution in [2.24, 2.45) is 5.84 Å². The topological polar surface area (TPSA) is 71.2 Å². The van der Waals surface area contributed by atoms with Crippen LogP contribution in [0.3, 0.4) is 0 Å². The fourth-order valence-corrected chi connectivity index (χ4v) is 1.96. The van der Waals surface area contributed by atoms with Gasteiger partial charge in [-0.15, -0.1) is 0 Å². The lowest BCUT2D eigenvalue weighted by Crippen LogP contribution is -2.30. The summed E-state index contributed by atoms with van der Waals surface area (Å²) in [6, 6.07) is 13.7. The second kappa shape index (κ2) is 6.68. The van der Waals surface area contributed by atoms with Crippen LogP contribution in [-0.4, -0.2) is 17.4 Å². The van der Waals surface area contributed by atoms with Crippen molar-refractivity contribution in [1.29, 1.82) is 0 Å². The van der Waals surface area contributed by atoms with Gasteiger partial charge in [-0.25, -0.2) is 5.84 Å². The number of rotatable bonds is 5. The summed E-state index contributed by atoms with van der Waals surface area (Å²) < 4.78 is 0. The molecule has 1 aromatic carbocycles. The summed E-state index contributed by atoms with van der Waals surface area (Å²) in [7, 11) is 0. The fraction of sp³-hybridized carbons (Fsp3) is 0.200. The van der Waals surface area contributed by atoms with Gasteiger partial charge in [0.2, 0.25) is 0 Å². The van der Waals surface area contributed by atoms with Crippen LogP contribution in [0.5, 0.6) is 0 Å². The summed E-state index contributed by atoms with van der Waals surface area (Å²) in [6.45, 7) is 3.69. The standard InChI is InChI=1S/C15H18N4O/c1-2-19(14-6-4-3-5-7-14)11-13-9-8-12(10-17-13)15(20)18-16/h3-10H,2,11,16H2,1H3,(H,18,20). The molecule has 3 N–H and O–H groups in total. The number of carbonyl (C=O) groups is 1. The maximum atomic E-state index is 11.3.